The summed E-state index contributed by atoms with van der Waals surface area (Å²) in [6.07, 6.45) is 6.62. The van der Waals surface area contributed by atoms with E-state index < -0.39 is 0 Å². The van der Waals surface area contributed by atoms with E-state index in [0.717, 1.165) is 23.8 Å². The van der Waals surface area contributed by atoms with Crippen LogP contribution < -0.4 is 5.32 Å². The molecule has 104 valence electrons. The molecule has 3 unspecified atom stereocenters. The molecule has 0 radical (unpaired) electrons. The third kappa shape index (κ3) is 7.81. The molecule has 0 aliphatic carbocycles. The van der Waals surface area contributed by atoms with Crippen LogP contribution in [0.15, 0.2) is 0 Å². The zero-order chi connectivity index (χ0) is 13.3. The molecule has 0 aromatic rings. The molecule has 1 N–H and O–H groups in total. The van der Waals surface area contributed by atoms with Crippen LogP contribution in [0.1, 0.15) is 73.6 Å². The minimum atomic E-state index is 0.747. The van der Waals surface area contributed by atoms with Crippen LogP contribution in [0, 0.1) is 17.8 Å². The molecule has 0 fully saturated rings. The van der Waals surface area contributed by atoms with Crippen LogP contribution in [0.25, 0.3) is 0 Å². The molecule has 0 saturated heterocycles. The van der Waals surface area contributed by atoms with Gasteiger partial charge in [0.15, 0.2) is 0 Å². The Morgan fingerprint density at radius 3 is 2.06 bits per heavy atom. The highest BCUT2D eigenvalue weighted by molar-refractivity contribution is 4.69. The van der Waals surface area contributed by atoms with E-state index in [2.05, 4.69) is 46.9 Å². The number of hydrogen-bond donors (Lipinski definition) is 1. The molecular weight excluding hydrogens is 206 g/mol. The Kier molecular flexibility index (Phi) is 9.91. The lowest BCUT2D eigenvalue weighted by Crippen LogP contribution is -2.31. The van der Waals surface area contributed by atoms with Crippen molar-refractivity contribution < 1.29 is 0 Å². The number of rotatable bonds is 10. The van der Waals surface area contributed by atoms with Crippen LogP contribution in [0.3, 0.4) is 0 Å². The van der Waals surface area contributed by atoms with E-state index in [-0.39, 0.29) is 0 Å². The lowest BCUT2D eigenvalue weighted by atomic mass is 9.84. The third-order valence-corrected chi connectivity index (χ3v) is 4.38. The van der Waals surface area contributed by atoms with E-state index in [1.54, 1.807) is 0 Å². The first-order chi connectivity index (χ1) is 8.02. The van der Waals surface area contributed by atoms with Crippen molar-refractivity contribution in [2.45, 2.75) is 79.7 Å². The molecule has 3 atom stereocenters. The molecule has 0 aliphatic heterocycles. The average Bonchev–Trinajstić information content (AvgIpc) is 2.31. The van der Waals surface area contributed by atoms with E-state index in [9.17, 15) is 0 Å². The highest BCUT2D eigenvalue weighted by Gasteiger charge is 2.15. The van der Waals surface area contributed by atoms with Gasteiger partial charge in [0.2, 0.25) is 0 Å². The van der Waals surface area contributed by atoms with Gasteiger partial charge in [-0.15, -0.1) is 0 Å². The molecule has 0 spiro atoms. The van der Waals surface area contributed by atoms with Crippen molar-refractivity contribution in [2.24, 2.45) is 17.8 Å². The fourth-order valence-corrected chi connectivity index (χ4v) is 2.34. The second-order valence-electron chi connectivity index (χ2n) is 6.07. The number of nitrogens with one attached hydrogen (secondary N) is 1. The van der Waals surface area contributed by atoms with Gasteiger partial charge in [-0.1, -0.05) is 54.4 Å². The van der Waals surface area contributed by atoms with Gasteiger partial charge >= 0.3 is 0 Å². The Labute approximate surface area is 110 Å². The maximum absolute atomic E-state index is 3.73. The molecule has 0 heterocycles. The lowest BCUT2D eigenvalue weighted by Gasteiger charge is -2.25. The Hall–Kier alpha value is -0.0400. The van der Waals surface area contributed by atoms with Crippen molar-refractivity contribution in [3.8, 4) is 0 Å². The molecule has 0 aliphatic rings. The molecule has 1 heteroatoms. The van der Waals surface area contributed by atoms with Crippen LogP contribution in [0.5, 0.6) is 0 Å². The second kappa shape index (κ2) is 9.94. The highest BCUT2D eigenvalue weighted by atomic mass is 14.9. The van der Waals surface area contributed by atoms with Crippen molar-refractivity contribution in [1.82, 2.24) is 5.32 Å². The first kappa shape index (κ1) is 17.0. The maximum atomic E-state index is 3.73. The van der Waals surface area contributed by atoms with Gasteiger partial charge in [0.1, 0.15) is 0 Å². The zero-order valence-electron chi connectivity index (χ0n) is 13.1. The summed E-state index contributed by atoms with van der Waals surface area (Å²) in [6.45, 7) is 15.2. The molecule has 0 amide bonds. The summed E-state index contributed by atoms with van der Waals surface area (Å²) in [4.78, 5) is 0. The first-order valence-electron chi connectivity index (χ1n) is 7.76. The van der Waals surface area contributed by atoms with Crippen molar-refractivity contribution in [3.63, 3.8) is 0 Å². The summed E-state index contributed by atoms with van der Waals surface area (Å²) < 4.78 is 0. The predicted molar refractivity (Wildman–Crippen MR) is 79.4 cm³/mol. The molecular formula is C16H35N. The molecule has 0 aromatic heterocycles. The summed E-state index contributed by atoms with van der Waals surface area (Å²) in [5, 5.41) is 3.73. The molecule has 17 heavy (non-hydrogen) atoms. The SMILES string of the molecule is CCCCC(CC)NCCC(C)C(C)C(C)C. The van der Waals surface area contributed by atoms with Crippen molar-refractivity contribution in [3.05, 3.63) is 0 Å². The van der Waals surface area contributed by atoms with Crippen LogP contribution in [-0.2, 0) is 0 Å². The summed E-state index contributed by atoms with van der Waals surface area (Å²) in [5.74, 6) is 2.49. The first-order valence-corrected chi connectivity index (χ1v) is 7.76. The second-order valence-corrected chi connectivity index (χ2v) is 6.07. The van der Waals surface area contributed by atoms with Gasteiger partial charge in [0, 0.05) is 6.04 Å². The molecule has 0 rings (SSSR count). The van der Waals surface area contributed by atoms with Crippen molar-refractivity contribution in [1.29, 1.82) is 0 Å². The van der Waals surface area contributed by atoms with Crippen LogP contribution >= 0.6 is 0 Å². The van der Waals surface area contributed by atoms with Gasteiger partial charge in [-0.05, 0) is 43.6 Å². The molecule has 0 saturated carbocycles. The van der Waals surface area contributed by atoms with Gasteiger partial charge in [-0.25, -0.2) is 0 Å². The Bertz CT molecular complexity index is 165. The standard InChI is InChI=1S/C16H35N/c1-7-9-10-16(8-2)17-12-11-14(5)15(6)13(3)4/h13-17H,7-12H2,1-6H3. The summed E-state index contributed by atoms with van der Waals surface area (Å²) in [7, 11) is 0. The zero-order valence-corrected chi connectivity index (χ0v) is 13.1. The topological polar surface area (TPSA) is 12.0 Å². The number of hydrogen-bond acceptors (Lipinski definition) is 1. The maximum Gasteiger partial charge on any atom is 0.00644 e. The van der Waals surface area contributed by atoms with Crippen molar-refractivity contribution >= 4 is 0 Å². The van der Waals surface area contributed by atoms with Crippen molar-refractivity contribution in [2.75, 3.05) is 6.54 Å². The third-order valence-electron chi connectivity index (χ3n) is 4.38. The summed E-state index contributed by atoms with van der Waals surface area (Å²) in [5.41, 5.74) is 0. The van der Waals surface area contributed by atoms with E-state index >= 15 is 0 Å². The minimum Gasteiger partial charge on any atom is -0.314 e. The van der Waals surface area contributed by atoms with Crippen LogP contribution in [-0.4, -0.2) is 12.6 Å². The van der Waals surface area contributed by atoms with E-state index in [1.165, 1.54) is 38.6 Å². The fraction of sp³-hybridized carbons (Fsp3) is 1.00. The van der Waals surface area contributed by atoms with Crippen LogP contribution in [0.2, 0.25) is 0 Å². The van der Waals surface area contributed by atoms with Gasteiger partial charge in [0.25, 0.3) is 0 Å². The minimum absolute atomic E-state index is 0.747. The lowest BCUT2D eigenvalue weighted by molar-refractivity contribution is 0.274. The van der Waals surface area contributed by atoms with Gasteiger partial charge in [-0.3, -0.25) is 0 Å². The van der Waals surface area contributed by atoms with E-state index in [1.807, 2.05) is 0 Å². The Balaban J connectivity index is 3.72. The van der Waals surface area contributed by atoms with Gasteiger partial charge in [0.05, 0.1) is 0 Å². The van der Waals surface area contributed by atoms with Gasteiger partial charge < -0.3 is 5.32 Å². The predicted octanol–water partition coefficient (Wildman–Crippen LogP) is 4.86. The largest absolute Gasteiger partial charge is 0.314 e. The van der Waals surface area contributed by atoms with Crippen LogP contribution in [0.4, 0.5) is 0 Å². The molecule has 0 aromatic carbocycles. The molecule has 1 nitrogen and oxygen atoms in total. The summed E-state index contributed by atoms with van der Waals surface area (Å²) >= 11 is 0. The Morgan fingerprint density at radius 2 is 1.59 bits per heavy atom. The fourth-order valence-electron chi connectivity index (χ4n) is 2.34. The van der Waals surface area contributed by atoms with E-state index in [0.29, 0.717) is 0 Å². The van der Waals surface area contributed by atoms with Gasteiger partial charge in [-0.2, -0.15) is 0 Å². The smallest absolute Gasteiger partial charge is 0.00644 e. The Morgan fingerprint density at radius 1 is 0.941 bits per heavy atom. The quantitative estimate of drug-likeness (QED) is 0.576. The highest BCUT2D eigenvalue weighted by Crippen LogP contribution is 2.22. The average molecular weight is 241 g/mol. The number of unbranched alkanes of at least 4 members (excludes halogenated alkanes) is 1. The summed E-state index contributed by atoms with van der Waals surface area (Å²) in [6, 6.07) is 0.747. The van der Waals surface area contributed by atoms with E-state index in [4.69, 9.17) is 0 Å². The molecule has 0 bridgehead atoms. The monoisotopic (exact) mass is 241 g/mol. The normalized spacial score (nSPS) is 17.1.